The summed E-state index contributed by atoms with van der Waals surface area (Å²) >= 11 is 18.2. The standard InChI is InChI=1S/C19H21Cl2N3S/c1-14-7-8-18(17(21)11-14)22-19(25)24-10-4-9-23(13-24)12-15-5-2-3-6-16(15)20/h2-3,5-8,11H,4,9-10,12-13H2,1H3,(H,22,25)/p+1. The predicted molar refractivity (Wildman–Crippen MR) is 110 cm³/mol. The molecular weight excluding hydrogens is 373 g/mol. The molecule has 0 bridgehead atoms. The van der Waals surface area contributed by atoms with Gasteiger partial charge in [-0.05, 0) is 42.9 Å². The molecule has 6 heteroatoms. The van der Waals surface area contributed by atoms with E-state index in [1.807, 2.05) is 43.3 Å². The molecule has 132 valence electrons. The van der Waals surface area contributed by atoms with Crippen LogP contribution >= 0.6 is 35.4 Å². The molecule has 1 aliphatic heterocycles. The lowest BCUT2D eigenvalue weighted by Gasteiger charge is -2.34. The van der Waals surface area contributed by atoms with Crippen molar-refractivity contribution in [1.82, 2.24) is 4.90 Å². The summed E-state index contributed by atoms with van der Waals surface area (Å²) < 4.78 is 0. The number of halogens is 2. The van der Waals surface area contributed by atoms with Crippen LogP contribution in [0.1, 0.15) is 17.5 Å². The van der Waals surface area contributed by atoms with Crippen LogP contribution in [0.15, 0.2) is 42.5 Å². The molecule has 0 radical (unpaired) electrons. The maximum Gasteiger partial charge on any atom is 0.177 e. The van der Waals surface area contributed by atoms with Crippen molar-refractivity contribution < 1.29 is 4.90 Å². The van der Waals surface area contributed by atoms with E-state index in [1.54, 1.807) is 0 Å². The Kier molecular flexibility index (Phi) is 6.18. The van der Waals surface area contributed by atoms with E-state index < -0.39 is 0 Å². The van der Waals surface area contributed by atoms with Gasteiger partial charge in [-0.3, -0.25) is 0 Å². The van der Waals surface area contributed by atoms with Gasteiger partial charge in [0.25, 0.3) is 0 Å². The molecule has 3 nitrogen and oxygen atoms in total. The molecule has 1 heterocycles. The first kappa shape index (κ1) is 18.5. The molecule has 3 rings (SSSR count). The fraction of sp³-hybridized carbons (Fsp3) is 0.316. The summed E-state index contributed by atoms with van der Waals surface area (Å²) in [6, 6.07) is 14.0. The normalized spacial score (nSPS) is 17.4. The van der Waals surface area contributed by atoms with Crippen molar-refractivity contribution in [3.05, 3.63) is 63.6 Å². The Balaban J connectivity index is 1.62. The zero-order valence-corrected chi connectivity index (χ0v) is 16.5. The topological polar surface area (TPSA) is 19.7 Å². The molecule has 1 aliphatic rings. The van der Waals surface area contributed by atoms with E-state index in [-0.39, 0.29) is 0 Å². The predicted octanol–water partition coefficient (Wildman–Crippen LogP) is 3.75. The largest absolute Gasteiger partial charge is 0.331 e. The lowest BCUT2D eigenvalue weighted by Crippen LogP contribution is -3.13. The van der Waals surface area contributed by atoms with Crippen molar-refractivity contribution in [3.63, 3.8) is 0 Å². The number of hydrogen-bond acceptors (Lipinski definition) is 1. The van der Waals surface area contributed by atoms with Crippen molar-refractivity contribution in [1.29, 1.82) is 0 Å². The molecule has 25 heavy (non-hydrogen) atoms. The molecule has 2 aromatic rings. The number of anilines is 1. The molecule has 1 atom stereocenters. The van der Waals surface area contributed by atoms with E-state index in [0.717, 1.165) is 54.1 Å². The molecule has 2 N–H and O–H groups in total. The molecular formula is C19H22Cl2N3S+. The van der Waals surface area contributed by atoms with Crippen molar-refractivity contribution in [2.24, 2.45) is 0 Å². The van der Waals surface area contributed by atoms with Gasteiger partial charge in [-0.2, -0.15) is 0 Å². The second-order valence-corrected chi connectivity index (χ2v) is 7.66. The summed E-state index contributed by atoms with van der Waals surface area (Å²) in [6.45, 7) is 5.87. The number of thiocarbonyl (C=S) groups is 1. The number of quaternary nitrogens is 1. The summed E-state index contributed by atoms with van der Waals surface area (Å²) in [5, 5.41) is 5.54. The van der Waals surface area contributed by atoms with Crippen LogP contribution in [0.25, 0.3) is 0 Å². The van der Waals surface area contributed by atoms with E-state index in [4.69, 9.17) is 35.4 Å². The van der Waals surface area contributed by atoms with Crippen LogP contribution in [0.2, 0.25) is 10.0 Å². The molecule has 0 amide bonds. The molecule has 1 unspecified atom stereocenters. The van der Waals surface area contributed by atoms with Gasteiger partial charge in [0, 0.05) is 23.6 Å². The van der Waals surface area contributed by atoms with Gasteiger partial charge in [-0.15, -0.1) is 0 Å². The molecule has 2 aromatic carbocycles. The lowest BCUT2D eigenvalue weighted by atomic mass is 10.2. The first-order chi connectivity index (χ1) is 12.0. The quantitative estimate of drug-likeness (QED) is 0.773. The third kappa shape index (κ3) is 4.85. The van der Waals surface area contributed by atoms with Gasteiger partial charge in [0.05, 0.1) is 17.3 Å². The number of nitrogens with one attached hydrogen (secondary N) is 2. The maximum atomic E-state index is 6.31. The molecule has 1 saturated heterocycles. The number of benzene rings is 2. The monoisotopic (exact) mass is 394 g/mol. The van der Waals surface area contributed by atoms with Gasteiger partial charge < -0.3 is 15.1 Å². The number of nitrogens with zero attached hydrogens (tertiary/aromatic N) is 1. The Morgan fingerprint density at radius 1 is 1.20 bits per heavy atom. The third-order valence-corrected chi connectivity index (χ3v) is 5.47. The highest BCUT2D eigenvalue weighted by atomic mass is 35.5. The average Bonchev–Trinajstić information content (AvgIpc) is 2.60. The Morgan fingerprint density at radius 2 is 2.00 bits per heavy atom. The average molecular weight is 395 g/mol. The SMILES string of the molecule is Cc1ccc(NC(=S)N2CCC[NH+](Cc3ccccc3Cl)C2)c(Cl)c1. The summed E-state index contributed by atoms with van der Waals surface area (Å²) in [5.74, 6) is 0. The fourth-order valence-corrected chi connectivity index (χ4v) is 3.84. The highest BCUT2D eigenvalue weighted by Crippen LogP contribution is 2.23. The second kappa shape index (κ2) is 8.37. The van der Waals surface area contributed by atoms with Gasteiger partial charge in [0.1, 0.15) is 6.54 Å². The Bertz CT molecular complexity index is 766. The minimum atomic E-state index is 0.694. The van der Waals surface area contributed by atoms with Crippen molar-refractivity contribution in [2.45, 2.75) is 19.9 Å². The smallest absolute Gasteiger partial charge is 0.177 e. The van der Waals surface area contributed by atoms with Crippen molar-refractivity contribution in [2.75, 3.05) is 25.1 Å². The maximum absolute atomic E-state index is 6.31. The van der Waals surface area contributed by atoms with E-state index >= 15 is 0 Å². The van der Waals surface area contributed by atoms with Crippen LogP contribution in [0.3, 0.4) is 0 Å². The summed E-state index contributed by atoms with van der Waals surface area (Å²) in [7, 11) is 0. The van der Waals surface area contributed by atoms with Crippen LogP contribution in [0.4, 0.5) is 5.69 Å². The van der Waals surface area contributed by atoms with E-state index in [9.17, 15) is 0 Å². The Morgan fingerprint density at radius 3 is 2.76 bits per heavy atom. The summed E-state index contributed by atoms with van der Waals surface area (Å²) in [5.41, 5.74) is 3.17. The third-order valence-electron chi connectivity index (χ3n) is 4.42. The zero-order valence-electron chi connectivity index (χ0n) is 14.2. The summed E-state index contributed by atoms with van der Waals surface area (Å²) in [4.78, 5) is 3.67. The van der Waals surface area contributed by atoms with Crippen LogP contribution < -0.4 is 10.2 Å². The van der Waals surface area contributed by atoms with Gasteiger partial charge in [-0.25, -0.2) is 0 Å². The van der Waals surface area contributed by atoms with Crippen LogP contribution in [-0.2, 0) is 6.54 Å². The summed E-state index contributed by atoms with van der Waals surface area (Å²) in [6.07, 6.45) is 1.10. The zero-order chi connectivity index (χ0) is 17.8. The highest BCUT2D eigenvalue weighted by molar-refractivity contribution is 7.80. The van der Waals surface area contributed by atoms with Crippen LogP contribution in [0, 0.1) is 6.92 Å². The lowest BCUT2D eigenvalue weighted by molar-refractivity contribution is -0.927. The van der Waals surface area contributed by atoms with E-state index in [1.165, 1.54) is 10.5 Å². The molecule has 0 saturated carbocycles. The molecule has 1 fully saturated rings. The van der Waals surface area contributed by atoms with Gasteiger partial charge in [-0.1, -0.05) is 47.5 Å². The minimum absolute atomic E-state index is 0.694. The van der Waals surface area contributed by atoms with Gasteiger partial charge in [0.2, 0.25) is 0 Å². The second-order valence-electron chi connectivity index (χ2n) is 6.46. The Hall–Kier alpha value is -1.33. The molecule has 0 spiro atoms. The Labute approximate surface area is 164 Å². The highest BCUT2D eigenvalue weighted by Gasteiger charge is 2.23. The van der Waals surface area contributed by atoms with E-state index in [2.05, 4.69) is 16.3 Å². The fourth-order valence-electron chi connectivity index (χ4n) is 3.09. The van der Waals surface area contributed by atoms with Crippen LogP contribution in [0.5, 0.6) is 0 Å². The first-order valence-corrected chi connectivity index (χ1v) is 9.58. The first-order valence-electron chi connectivity index (χ1n) is 8.42. The number of hydrogen-bond donors (Lipinski definition) is 2. The molecule has 0 aliphatic carbocycles. The number of aryl methyl sites for hydroxylation is 1. The molecule has 0 aromatic heterocycles. The minimum Gasteiger partial charge on any atom is -0.331 e. The van der Waals surface area contributed by atoms with Gasteiger partial charge in [0.15, 0.2) is 11.8 Å². The van der Waals surface area contributed by atoms with E-state index in [0.29, 0.717) is 5.02 Å². The van der Waals surface area contributed by atoms with Crippen LogP contribution in [-0.4, -0.2) is 29.8 Å². The van der Waals surface area contributed by atoms with Crippen molar-refractivity contribution in [3.8, 4) is 0 Å². The van der Waals surface area contributed by atoms with Crippen molar-refractivity contribution >= 4 is 46.2 Å². The van der Waals surface area contributed by atoms with Gasteiger partial charge >= 0.3 is 0 Å². The number of rotatable bonds is 3.